The molecule has 1 heterocycles. The maximum atomic E-state index is 12.1. The molecule has 10 heteroatoms. The summed E-state index contributed by atoms with van der Waals surface area (Å²) in [4.78, 5) is 33.6. The summed E-state index contributed by atoms with van der Waals surface area (Å²) in [7, 11) is 2.04. The number of rotatable bonds is 4. The quantitative estimate of drug-likeness (QED) is 0.542. The highest BCUT2D eigenvalue weighted by Crippen LogP contribution is 2.22. The molecule has 2 N–H and O–H groups in total. The highest BCUT2D eigenvalue weighted by molar-refractivity contribution is 5.95. The van der Waals surface area contributed by atoms with Crippen molar-refractivity contribution in [2.24, 2.45) is 0 Å². The lowest BCUT2D eigenvalue weighted by Gasteiger charge is -2.30. The van der Waals surface area contributed by atoms with Crippen molar-refractivity contribution in [3.8, 4) is 0 Å². The number of likely N-dealkylation sites (N-methyl/N-ethyl adjacent to an activating group) is 1. The Hall–Kier alpha value is -2.59. The lowest BCUT2D eigenvalue weighted by molar-refractivity contribution is -0.884. The van der Waals surface area contributed by atoms with Crippen molar-refractivity contribution < 1.29 is 19.5 Å². The molecule has 1 aliphatic rings. The summed E-state index contributed by atoms with van der Waals surface area (Å²) in [5.74, 6) is -0.591. The molecule has 0 unspecified atom stereocenters. The Morgan fingerprint density at radius 3 is 2.09 bits per heavy atom. The van der Waals surface area contributed by atoms with Gasteiger partial charge in [-0.05, 0) is 0 Å². The van der Waals surface area contributed by atoms with Crippen LogP contribution in [0.15, 0.2) is 18.2 Å². The molecule has 0 aliphatic carbocycles. The van der Waals surface area contributed by atoms with E-state index in [1.807, 2.05) is 7.05 Å². The summed E-state index contributed by atoms with van der Waals surface area (Å²) in [5.41, 5.74) is 1.55. The highest BCUT2D eigenvalue weighted by atomic mass is 16.6. The van der Waals surface area contributed by atoms with E-state index in [2.05, 4.69) is 5.43 Å². The van der Waals surface area contributed by atoms with E-state index in [4.69, 9.17) is 0 Å². The molecule has 118 valence electrons. The first-order chi connectivity index (χ1) is 10.4. The molecule has 0 spiro atoms. The third kappa shape index (κ3) is 3.74. The van der Waals surface area contributed by atoms with Crippen molar-refractivity contribution in [2.75, 3.05) is 33.2 Å². The van der Waals surface area contributed by atoms with E-state index in [9.17, 15) is 25.0 Å². The third-order valence-corrected chi connectivity index (χ3v) is 3.46. The zero-order chi connectivity index (χ0) is 16.3. The Kier molecular flexibility index (Phi) is 4.63. The van der Waals surface area contributed by atoms with Gasteiger partial charge in [-0.25, -0.2) is 5.01 Å². The van der Waals surface area contributed by atoms with Crippen molar-refractivity contribution in [1.82, 2.24) is 10.4 Å². The van der Waals surface area contributed by atoms with Crippen molar-refractivity contribution >= 4 is 17.3 Å². The van der Waals surface area contributed by atoms with Crippen LogP contribution in [0.1, 0.15) is 10.4 Å². The molecule has 0 aromatic heterocycles. The average molecular weight is 310 g/mol. The fourth-order valence-electron chi connectivity index (χ4n) is 2.15. The number of amides is 1. The summed E-state index contributed by atoms with van der Waals surface area (Å²) in [6, 6.07) is 2.89. The maximum absolute atomic E-state index is 12.1. The minimum absolute atomic E-state index is 0.104. The minimum atomic E-state index is -0.761. The van der Waals surface area contributed by atoms with Crippen LogP contribution in [-0.2, 0) is 0 Å². The number of hydrogen-bond acceptors (Lipinski definition) is 6. The third-order valence-electron chi connectivity index (χ3n) is 3.46. The number of piperazine rings is 1. The van der Waals surface area contributed by atoms with Crippen LogP contribution >= 0.6 is 0 Å². The maximum Gasteiger partial charge on any atom is 0.277 e. The van der Waals surface area contributed by atoms with Gasteiger partial charge in [0.2, 0.25) is 0 Å². The summed E-state index contributed by atoms with van der Waals surface area (Å²) in [6.45, 7) is 3.01. The summed E-state index contributed by atoms with van der Waals surface area (Å²) in [6.07, 6.45) is 0. The zero-order valence-corrected chi connectivity index (χ0v) is 11.9. The molecule has 0 radical (unpaired) electrons. The second-order valence-corrected chi connectivity index (χ2v) is 5.14. The molecule has 10 nitrogen and oxygen atoms in total. The van der Waals surface area contributed by atoms with Gasteiger partial charge in [0.25, 0.3) is 17.3 Å². The number of non-ortho nitro benzene ring substituents is 2. The van der Waals surface area contributed by atoms with Crippen molar-refractivity contribution in [3.05, 3.63) is 44.0 Å². The van der Waals surface area contributed by atoms with Gasteiger partial charge in [-0.2, -0.15) is 0 Å². The second-order valence-electron chi connectivity index (χ2n) is 5.14. The first-order valence-corrected chi connectivity index (χ1v) is 6.68. The number of hydrazine groups is 1. The topological polar surface area (TPSA) is 123 Å². The number of benzene rings is 1. The summed E-state index contributed by atoms with van der Waals surface area (Å²) in [5, 5.41) is 23.3. The van der Waals surface area contributed by atoms with Crippen LogP contribution in [0, 0.1) is 20.2 Å². The van der Waals surface area contributed by atoms with E-state index in [0.29, 0.717) is 13.1 Å². The van der Waals surface area contributed by atoms with Gasteiger partial charge in [0, 0.05) is 12.1 Å². The first-order valence-electron chi connectivity index (χ1n) is 6.68. The summed E-state index contributed by atoms with van der Waals surface area (Å²) < 4.78 is 0. The van der Waals surface area contributed by atoms with Gasteiger partial charge in [0.05, 0.1) is 54.7 Å². The predicted molar refractivity (Wildman–Crippen MR) is 75.4 cm³/mol. The van der Waals surface area contributed by atoms with E-state index in [-0.39, 0.29) is 5.56 Å². The number of nitrogens with one attached hydrogen (secondary N) is 2. The minimum Gasteiger partial charge on any atom is -0.335 e. The fraction of sp³-hybridized carbons (Fsp3) is 0.417. The van der Waals surface area contributed by atoms with Crippen molar-refractivity contribution in [2.45, 2.75) is 0 Å². The molecule has 22 heavy (non-hydrogen) atoms. The molecule has 1 aliphatic heterocycles. The summed E-state index contributed by atoms with van der Waals surface area (Å²) >= 11 is 0. The normalized spacial score (nSPS) is 16.2. The van der Waals surface area contributed by atoms with Gasteiger partial charge < -0.3 is 4.90 Å². The molecular formula is C12H16N5O5+. The molecule has 1 amide bonds. The van der Waals surface area contributed by atoms with Crippen molar-refractivity contribution in [1.29, 1.82) is 0 Å². The van der Waals surface area contributed by atoms with E-state index >= 15 is 0 Å². The molecule has 0 atom stereocenters. The van der Waals surface area contributed by atoms with Crippen LogP contribution in [-0.4, -0.2) is 54.0 Å². The molecular weight excluding hydrogens is 294 g/mol. The Bertz CT molecular complexity index is 580. The van der Waals surface area contributed by atoms with Gasteiger partial charge in [0.1, 0.15) is 0 Å². The zero-order valence-electron chi connectivity index (χ0n) is 11.9. The number of carbonyl (C=O) groups excluding carboxylic acids is 1. The Balaban J connectivity index is 2.18. The van der Waals surface area contributed by atoms with E-state index in [1.165, 1.54) is 4.90 Å². The van der Waals surface area contributed by atoms with Crippen LogP contribution in [0.25, 0.3) is 0 Å². The lowest BCUT2D eigenvalue weighted by Crippen LogP contribution is -3.12. The highest BCUT2D eigenvalue weighted by Gasteiger charge is 2.23. The Morgan fingerprint density at radius 1 is 1.14 bits per heavy atom. The number of nitrogens with zero attached hydrogens (tertiary/aromatic N) is 3. The lowest BCUT2D eigenvalue weighted by atomic mass is 10.1. The molecule has 1 aromatic carbocycles. The Labute approximate surface area is 125 Å². The van der Waals surface area contributed by atoms with Crippen LogP contribution in [0.4, 0.5) is 11.4 Å². The molecule has 2 rings (SSSR count). The second kappa shape index (κ2) is 6.45. The standard InChI is InChI=1S/C12H15N5O5/c1-14-2-4-15(5-3-14)13-12(18)9-6-10(16(19)20)8-11(7-9)17(21)22/h6-8H,2-5H2,1H3,(H,13,18)/p+1. The molecule has 0 bridgehead atoms. The van der Waals surface area contributed by atoms with Gasteiger partial charge >= 0.3 is 0 Å². The van der Waals surface area contributed by atoms with Gasteiger partial charge in [-0.15, -0.1) is 0 Å². The predicted octanol–water partition coefficient (Wildman–Crippen LogP) is -1.02. The van der Waals surface area contributed by atoms with Crippen LogP contribution < -0.4 is 10.3 Å². The van der Waals surface area contributed by atoms with Crippen LogP contribution in [0.3, 0.4) is 0 Å². The number of nitro groups is 2. The first kappa shape index (κ1) is 15.8. The van der Waals surface area contributed by atoms with Gasteiger partial charge in [0.15, 0.2) is 0 Å². The number of quaternary nitrogens is 1. The average Bonchev–Trinajstić information content (AvgIpc) is 2.49. The fourth-order valence-corrected chi connectivity index (χ4v) is 2.15. The largest absolute Gasteiger partial charge is 0.335 e. The van der Waals surface area contributed by atoms with E-state index in [1.54, 1.807) is 5.01 Å². The molecule has 1 fully saturated rings. The number of hydrogen-bond donors (Lipinski definition) is 2. The monoisotopic (exact) mass is 310 g/mol. The van der Waals surface area contributed by atoms with E-state index in [0.717, 1.165) is 31.3 Å². The molecule has 1 saturated heterocycles. The van der Waals surface area contributed by atoms with Crippen LogP contribution in [0.5, 0.6) is 0 Å². The molecule has 1 aromatic rings. The SMILES string of the molecule is C[NH+]1CCN(NC(=O)c2cc([N+](=O)[O-])cc([N+](=O)[O-])c2)CC1. The smallest absolute Gasteiger partial charge is 0.277 e. The number of carbonyl (C=O) groups is 1. The number of nitro benzene ring substituents is 2. The van der Waals surface area contributed by atoms with Gasteiger partial charge in [-0.3, -0.25) is 30.4 Å². The van der Waals surface area contributed by atoms with E-state index < -0.39 is 27.1 Å². The van der Waals surface area contributed by atoms with Crippen LogP contribution in [0.2, 0.25) is 0 Å². The molecule has 0 saturated carbocycles. The Morgan fingerprint density at radius 2 is 1.64 bits per heavy atom. The van der Waals surface area contributed by atoms with Gasteiger partial charge in [-0.1, -0.05) is 0 Å². The van der Waals surface area contributed by atoms with Crippen molar-refractivity contribution in [3.63, 3.8) is 0 Å².